The Labute approximate surface area is 83.9 Å². The molecule has 0 heterocycles. The van der Waals surface area contributed by atoms with Crippen LogP contribution >= 0.6 is 0 Å². The van der Waals surface area contributed by atoms with Gasteiger partial charge in [-0.2, -0.15) is 0 Å². The summed E-state index contributed by atoms with van der Waals surface area (Å²) < 4.78 is 0. The Bertz CT molecular complexity index is 340. The summed E-state index contributed by atoms with van der Waals surface area (Å²) in [5.74, 6) is -0.906. The second-order valence-corrected chi connectivity index (χ2v) is 3.12. The van der Waals surface area contributed by atoms with Crippen molar-refractivity contribution < 1.29 is 9.90 Å². The second kappa shape index (κ2) is 5.22. The van der Waals surface area contributed by atoms with E-state index < -0.39 is 5.97 Å². The van der Waals surface area contributed by atoms with E-state index in [1.165, 1.54) is 11.6 Å². The molecule has 0 saturated heterocycles. The van der Waals surface area contributed by atoms with E-state index in [0.29, 0.717) is 0 Å². The summed E-state index contributed by atoms with van der Waals surface area (Å²) in [6.07, 6.45) is 4.87. The molecule has 0 bridgehead atoms. The van der Waals surface area contributed by atoms with Gasteiger partial charge in [0.1, 0.15) is 0 Å². The normalized spacial score (nSPS) is 10.6. The van der Waals surface area contributed by atoms with Crippen LogP contribution in [-0.2, 0) is 11.2 Å². The third-order valence-corrected chi connectivity index (χ3v) is 1.98. The van der Waals surface area contributed by atoms with Gasteiger partial charge in [-0.15, -0.1) is 0 Å². The van der Waals surface area contributed by atoms with Crippen LogP contribution in [0.3, 0.4) is 0 Å². The Morgan fingerprint density at radius 2 is 2.14 bits per heavy atom. The third kappa shape index (κ3) is 3.05. The van der Waals surface area contributed by atoms with Gasteiger partial charge in [-0.1, -0.05) is 37.6 Å². The summed E-state index contributed by atoms with van der Waals surface area (Å²) in [6, 6.07) is 7.86. The first-order valence-corrected chi connectivity index (χ1v) is 4.73. The van der Waals surface area contributed by atoms with Crippen molar-refractivity contribution in [3.05, 3.63) is 41.5 Å². The van der Waals surface area contributed by atoms with Gasteiger partial charge in [-0.25, -0.2) is 4.79 Å². The van der Waals surface area contributed by atoms with Crippen LogP contribution in [0.15, 0.2) is 30.3 Å². The van der Waals surface area contributed by atoms with Crippen LogP contribution in [0.25, 0.3) is 6.08 Å². The van der Waals surface area contributed by atoms with Crippen LogP contribution < -0.4 is 0 Å². The number of carboxylic acids is 1. The van der Waals surface area contributed by atoms with E-state index in [2.05, 4.69) is 6.92 Å². The molecule has 1 N–H and O–H groups in total. The molecule has 1 aromatic rings. The maximum absolute atomic E-state index is 10.4. The Kier molecular flexibility index (Phi) is 3.92. The highest BCUT2D eigenvalue weighted by molar-refractivity contribution is 5.85. The smallest absolute Gasteiger partial charge is 0.328 e. The minimum Gasteiger partial charge on any atom is -0.478 e. The first-order valence-electron chi connectivity index (χ1n) is 4.73. The van der Waals surface area contributed by atoms with E-state index in [-0.39, 0.29) is 0 Å². The summed E-state index contributed by atoms with van der Waals surface area (Å²) in [5.41, 5.74) is 2.20. The highest BCUT2D eigenvalue weighted by Crippen LogP contribution is 2.12. The van der Waals surface area contributed by atoms with E-state index in [9.17, 15) is 4.79 Å². The van der Waals surface area contributed by atoms with Gasteiger partial charge in [-0.05, 0) is 23.6 Å². The van der Waals surface area contributed by atoms with Crippen LogP contribution in [0.5, 0.6) is 0 Å². The number of hydrogen-bond acceptors (Lipinski definition) is 1. The van der Waals surface area contributed by atoms with Crippen molar-refractivity contribution in [2.45, 2.75) is 19.8 Å². The zero-order chi connectivity index (χ0) is 10.4. The van der Waals surface area contributed by atoms with Crippen molar-refractivity contribution >= 4 is 12.0 Å². The fraction of sp³-hybridized carbons (Fsp3) is 0.250. The molecule has 14 heavy (non-hydrogen) atoms. The number of carboxylic acid groups (broad SMARTS) is 1. The Hall–Kier alpha value is -1.57. The van der Waals surface area contributed by atoms with Gasteiger partial charge in [0.25, 0.3) is 0 Å². The second-order valence-electron chi connectivity index (χ2n) is 3.12. The van der Waals surface area contributed by atoms with Crippen molar-refractivity contribution in [3.8, 4) is 0 Å². The Morgan fingerprint density at radius 1 is 1.43 bits per heavy atom. The fourth-order valence-corrected chi connectivity index (χ4v) is 1.35. The number of rotatable bonds is 4. The van der Waals surface area contributed by atoms with Gasteiger partial charge < -0.3 is 5.11 Å². The molecule has 0 radical (unpaired) electrons. The van der Waals surface area contributed by atoms with Gasteiger partial charge >= 0.3 is 5.97 Å². The van der Waals surface area contributed by atoms with Gasteiger partial charge in [0.15, 0.2) is 0 Å². The lowest BCUT2D eigenvalue weighted by atomic mass is 10.0. The van der Waals surface area contributed by atoms with E-state index in [1.807, 2.05) is 24.3 Å². The maximum Gasteiger partial charge on any atom is 0.328 e. The fourth-order valence-electron chi connectivity index (χ4n) is 1.35. The molecule has 74 valence electrons. The van der Waals surface area contributed by atoms with Gasteiger partial charge in [0, 0.05) is 6.08 Å². The molecular weight excluding hydrogens is 176 g/mol. The minimum atomic E-state index is -0.906. The molecule has 0 aliphatic rings. The van der Waals surface area contributed by atoms with Gasteiger partial charge in [0.05, 0.1) is 0 Å². The SMILES string of the molecule is CCCc1ccccc1C=CC(=O)O. The van der Waals surface area contributed by atoms with Crippen LogP contribution in [0, 0.1) is 0 Å². The standard InChI is InChI=1S/C12H14O2/c1-2-5-10-6-3-4-7-11(10)8-9-12(13)14/h3-4,6-9H,2,5H2,1H3,(H,13,14). The lowest BCUT2D eigenvalue weighted by molar-refractivity contribution is -0.131. The summed E-state index contributed by atoms with van der Waals surface area (Å²) in [7, 11) is 0. The Morgan fingerprint density at radius 3 is 2.79 bits per heavy atom. The zero-order valence-corrected chi connectivity index (χ0v) is 8.23. The quantitative estimate of drug-likeness (QED) is 0.741. The van der Waals surface area contributed by atoms with Gasteiger partial charge in [0.2, 0.25) is 0 Å². The molecule has 1 aromatic carbocycles. The molecule has 1 rings (SSSR count). The van der Waals surface area contributed by atoms with Crippen LogP contribution in [0.1, 0.15) is 24.5 Å². The number of benzene rings is 1. The van der Waals surface area contributed by atoms with Crippen molar-refractivity contribution in [2.24, 2.45) is 0 Å². The topological polar surface area (TPSA) is 37.3 Å². The van der Waals surface area contributed by atoms with Crippen molar-refractivity contribution in [2.75, 3.05) is 0 Å². The molecule has 0 spiro atoms. The largest absolute Gasteiger partial charge is 0.478 e. The molecule has 0 aliphatic heterocycles. The molecule has 2 nitrogen and oxygen atoms in total. The third-order valence-electron chi connectivity index (χ3n) is 1.98. The number of hydrogen-bond donors (Lipinski definition) is 1. The number of aryl methyl sites for hydroxylation is 1. The van der Waals surface area contributed by atoms with Crippen LogP contribution in [-0.4, -0.2) is 11.1 Å². The Balaban J connectivity index is 2.89. The highest BCUT2D eigenvalue weighted by atomic mass is 16.4. The van der Waals surface area contributed by atoms with Gasteiger partial charge in [-0.3, -0.25) is 0 Å². The van der Waals surface area contributed by atoms with Crippen molar-refractivity contribution in [1.29, 1.82) is 0 Å². The van der Waals surface area contributed by atoms with Crippen LogP contribution in [0.4, 0.5) is 0 Å². The summed E-state index contributed by atoms with van der Waals surface area (Å²) in [5, 5.41) is 8.51. The van der Waals surface area contributed by atoms with Crippen molar-refractivity contribution in [1.82, 2.24) is 0 Å². The summed E-state index contributed by atoms with van der Waals surface area (Å²) in [6.45, 7) is 2.11. The first kappa shape index (κ1) is 10.5. The molecule has 0 fully saturated rings. The first-order chi connectivity index (χ1) is 6.74. The van der Waals surface area contributed by atoms with E-state index in [0.717, 1.165) is 18.4 Å². The molecule has 2 heteroatoms. The average Bonchev–Trinajstić information content (AvgIpc) is 2.17. The number of aliphatic carboxylic acids is 1. The predicted molar refractivity (Wildman–Crippen MR) is 57.1 cm³/mol. The van der Waals surface area contributed by atoms with Crippen LogP contribution in [0.2, 0.25) is 0 Å². The molecule has 0 aliphatic carbocycles. The molecule has 0 saturated carbocycles. The molecule has 0 atom stereocenters. The minimum absolute atomic E-state index is 0.906. The zero-order valence-electron chi connectivity index (χ0n) is 8.23. The predicted octanol–water partition coefficient (Wildman–Crippen LogP) is 2.74. The molecule has 0 amide bonds. The lowest BCUT2D eigenvalue weighted by Gasteiger charge is -2.02. The summed E-state index contributed by atoms with van der Waals surface area (Å²) in [4.78, 5) is 10.4. The van der Waals surface area contributed by atoms with E-state index in [4.69, 9.17) is 5.11 Å². The summed E-state index contributed by atoms with van der Waals surface area (Å²) >= 11 is 0. The molecular formula is C12H14O2. The van der Waals surface area contributed by atoms with E-state index >= 15 is 0 Å². The lowest BCUT2D eigenvalue weighted by Crippen LogP contribution is -1.90. The highest BCUT2D eigenvalue weighted by Gasteiger charge is 1.97. The maximum atomic E-state index is 10.4. The van der Waals surface area contributed by atoms with E-state index in [1.54, 1.807) is 6.08 Å². The number of carbonyl (C=O) groups is 1. The average molecular weight is 190 g/mol. The molecule has 0 aromatic heterocycles. The monoisotopic (exact) mass is 190 g/mol. The molecule has 0 unspecified atom stereocenters. The van der Waals surface area contributed by atoms with Crippen molar-refractivity contribution in [3.63, 3.8) is 0 Å².